The van der Waals surface area contributed by atoms with Crippen LogP contribution in [0.2, 0.25) is 0 Å². The summed E-state index contributed by atoms with van der Waals surface area (Å²) in [6.45, 7) is 3.69. The maximum Gasteiger partial charge on any atom is 0.318 e. The van der Waals surface area contributed by atoms with Crippen molar-refractivity contribution in [1.29, 1.82) is 5.26 Å². The van der Waals surface area contributed by atoms with Crippen LogP contribution in [0.5, 0.6) is 6.01 Å². The molecule has 3 radical (unpaired) electrons. The predicted octanol–water partition coefficient (Wildman–Crippen LogP) is 2.83. The molecule has 1 amide bonds. The normalized spacial score (nSPS) is 20.0. The fourth-order valence-electron chi connectivity index (χ4n) is 6.07. The van der Waals surface area contributed by atoms with E-state index in [2.05, 4.69) is 31.1 Å². The van der Waals surface area contributed by atoms with E-state index in [0.29, 0.717) is 76.1 Å². The number of nitriles is 1. The van der Waals surface area contributed by atoms with Gasteiger partial charge in [-0.3, -0.25) is 9.78 Å². The fourth-order valence-corrected chi connectivity index (χ4v) is 6.56. The summed E-state index contributed by atoms with van der Waals surface area (Å²) in [4.78, 5) is 35.3. The van der Waals surface area contributed by atoms with E-state index in [4.69, 9.17) is 19.4 Å². The molecule has 3 aromatic rings. The minimum Gasteiger partial charge on any atom is -0.461 e. The second-order valence-electron chi connectivity index (χ2n) is 12.3. The molecule has 1 atom stereocenters. The molecule has 1 aliphatic carbocycles. The number of benzene rings is 1. The number of ether oxygens (including phenoxy) is 2. The van der Waals surface area contributed by atoms with Crippen LogP contribution < -0.4 is 14.5 Å². The van der Waals surface area contributed by atoms with Crippen LogP contribution in [0.4, 0.5) is 15.9 Å². The molecule has 46 heavy (non-hydrogen) atoms. The third kappa shape index (κ3) is 6.99. The number of hydrogen-bond acceptors (Lipinski definition) is 10. The van der Waals surface area contributed by atoms with Gasteiger partial charge in [0.15, 0.2) is 0 Å². The number of carbonyl (C=O) groups is 1. The van der Waals surface area contributed by atoms with Gasteiger partial charge in [0.25, 0.3) is 0 Å². The summed E-state index contributed by atoms with van der Waals surface area (Å²) in [5.41, 5.74) is 2.47. The number of rotatable bonds is 11. The summed E-state index contributed by atoms with van der Waals surface area (Å²) in [5.74, 6) is 0.280. The summed E-state index contributed by atoms with van der Waals surface area (Å²) >= 11 is 0. The molecular formula is C33H38FN8O3Si. The molecule has 6 rings (SSSR count). The molecule has 1 saturated heterocycles. The number of aromatic nitrogens is 3. The van der Waals surface area contributed by atoms with Crippen LogP contribution in [0.25, 0.3) is 10.8 Å². The number of likely N-dealkylation sites (N-methyl/N-ethyl adjacent to an activating group) is 1. The van der Waals surface area contributed by atoms with E-state index < -0.39 is 5.16 Å². The highest BCUT2D eigenvalue weighted by molar-refractivity contribution is 6.18. The predicted molar refractivity (Wildman–Crippen MR) is 173 cm³/mol. The minimum atomic E-state index is -0.920. The molecule has 2 fully saturated rings. The molecular weight excluding hydrogens is 604 g/mol. The zero-order chi connectivity index (χ0) is 32.3. The largest absolute Gasteiger partial charge is 0.461 e. The first-order valence-corrected chi connectivity index (χ1v) is 16.2. The van der Waals surface area contributed by atoms with Gasteiger partial charge in [-0.25, -0.2) is 4.39 Å². The molecule has 4 heterocycles. The molecule has 0 bridgehead atoms. The van der Waals surface area contributed by atoms with Gasteiger partial charge in [0.1, 0.15) is 18.2 Å². The lowest BCUT2D eigenvalue weighted by Crippen LogP contribution is -2.64. The standard InChI is InChI=1S/C33H38FN8O3Si/c1-39(2)13-4-7-29(43)42-16-15-41(22-33(42,46)11-12-35)31-25-10-14-40(28-20-36-19-23-5-3-6-26(34)30(23)28)21-27(25)37-32(38-31)45-18-17-44-24-8-9-24/h3-7,19-20,24H,8-11,13-18,21-22H2,1-2H3/b7-4+/t33-/m0/s1. The molecule has 0 spiro atoms. The number of pyridine rings is 1. The molecule has 0 N–H and O–H groups in total. The Hall–Kier alpha value is -4.12. The van der Waals surface area contributed by atoms with Gasteiger partial charge in [-0.05, 0) is 39.4 Å². The van der Waals surface area contributed by atoms with Gasteiger partial charge in [-0.2, -0.15) is 15.2 Å². The summed E-state index contributed by atoms with van der Waals surface area (Å²) in [5, 5.41) is 10.1. The molecule has 13 heteroatoms. The van der Waals surface area contributed by atoms with Gasteiger partial charge in [-0.15, -0.1) is 0 Å². The summed E-state index contributed by atoms with van der Waals surface area (Å²) in [6, 6.07) is 7.51. The van der Waals surface area contributed by atoms with Crippen LogP contribution >= 0.6 is 0 Å². The van der Waals surface area contributed by atoms with Gasteiger partial charge in [0, 0.05) is 61.3 Å². The van der Waals surface area contributed by atoms with Crippen molar-refractivity contribution in [3.05, 3.63) is 59.8 Å². The number of piperazine rings is 1. The third-order valence-electron chi connectivity index (χ3n) is 8.50. The Bertz CT molecular complexity index is 1660. The van der Waals surface area contributed by atoms with Crippen molar-refractivity contribution >= 4 is 38.4 Å². The summed E-state index contributed by atoms with van der Waals surface area (Å²) in [6.07, 6.45) is 9.95. The smallest absolute Gasteiger partial charge is 0.318 e. The number of amides is 1. The lowest BCUT2D eigenvalue weighted by molar-refractivity contribution is -0.129. The Kier molecular flexibility index (Phi) is 9.48. The zero-order valence-electron chi connectivity index (χ0n) is 26.3. The number of hydrogen-bond donors (Lipinski definition) is 0. The topological polar surface area (TPSA) is 111 Å². The maximum atomic E-state index is 15.1. The molecule has 11 nitrogen and oxygen atoms in total. The van der Waals surface area contributed by atoms with Crippen molar-refractivity contribution in [3.8, 4) is 12.1 Å². The second kappa shape index (κ2) is 13.7. The van der Waals surface area contributed by atoms with Crippen LogP contribution in [0.1, 0.15) is 30.5 Å². The highest BCUT2D eigenvalue weighted by atomic mass is 28.1. The van der Waals surface area contributed by atoms with Crippen LogP contribution in [0, 0.1) is 17.1 Å². The van der Waals surface area contributed by atoms with Gasteiger partial charge >= 0.3 is 6.01 Å². The highest BCUT2D eigenvalue weighted by Gasteiger charge is 2.41. The molecule has 239 valence electrons. The van der Waals surface area contributed by atoms with E-state index >= 15 is 4.39 Å². The van der Waals surface area contributed by atoms with Crippen molar-refractivity contribution < 1.29 is 18.7 Å². The van der Waals surface area contributed by atoms with Crippen molar-refractivity contribution in [2.45, 2.75) is 43.5 Å². The van der Waals surface area contributed by atoms with Crippen LogP contribution in [-0.2, 0) is 22.5 Å². The average molecular weight is 642 g/mol. The van der Waals surface area contributed by atoms with Gasteiger partial charge in [-0.1, -0.05) is 18.2 Å². The van der Waals surface area contributed by atoms with Gasteiger partial charge < -0.3 is 29.1 Å². The summed E-state index contributed by atoms with van der Waals surface area (Å²) in [7, 11) is 7.74. The first-order valence-electron chi connectivity index (χ1n) is 15.7. The Morgan fingerprint density at radius 2 is 2.04 bits per heavy atom. The van der Waals surface area contributed by atoms with Crippen molar-refractivity contribution in [3.63, 3.8) is 0 Å². The van der Waals surface area contributed by atoms with E-state index in [1.807, 2.05) is 31.1 Å². The molecule has 1 aromatic carbocycles. The molecule has 3 aliphatic rings. The van der Waals surface area contributed by atoms with Crippen LogP contribution in [0.3, 0.4) is 0 Å². The fraction of sp³-hybridized carbons (Fsp3) is 0.485. The van der Waals surface area contributed by atoms with Crippen LogP contribution in [-0.4, -0.2) is 112 Å². The summed E-state index contributed by atoms with van der Waals surface area (Å²) < 4.78 is 26.8. The number of fused-ring (bicyclic) bond motifs is 2. The van der Waals surface area contributed by atoms with Crippen LogP contribution in [0.15, 0.2) is 42.7 Å². The number of nitrogens with zero attached hydrogens (tertiary/aromatic N) is 8. The Labute approximate surface area is 272 Å². The van der Waals surface area contributed by atoms with Crippen molar-refractivity contribution in [2.75, 3.05) is 69.8 Å². The second-order valence-corrected chi connectivity index (χ2v) is 13.2. The maximum absolute atomic E-state index is 15.1. The Balaban J connectivity index is 1.30. The minimum absolute atomic E-state index is 0.0935. The van der Waals surface area contributed by atoms with E-state index in [1.165, 1.54) is 6.07 Å². The van der Waals surface area contributed by atoms with Crippen molar-refractivity contribution in [1.82, 2.24) is 24.8 Å². The average Bonchev–Trinajstić information content (AvgIpc) is 3.86. The van der Waals surface area contributed by atoms with Gasteiger partial charge in [0.05, 0.1) is 64.7 Å². The third-order valence-corrected chi connectivity index (χ3v) is 9.10. The lowest BCUT2D eigenvalue weighted by Gasteiger charge is -2.48. The van der Waals surface area contributed by atoms with E-state index in [0.717, 1.165) is 35.3 Å². The molecule has 1 saturated carbocycles. The van der Waals surface area contributed by atoms with E-state index in [9.17, 15) is 10.1 Å². The SMILES string of the molecule is CN(C)C/C=C/C(=O)N1CCN(c2nc(OCCOC3CC3)nc3c2CCN(c2cncc4cccc(F)c24)C3)C[C@@]1([Si])CC#N. The van der Waals surface area contributed by atoms with Crippen molar-refractivity contribution in [2.24, 2.45) is 0 Å². The Morgan fingerprint density at radius 3 is 2.83 bits per heavy atom. The number of carbonyl (C=O) groups excluding carboxylic acids is 1. The first kappa shape index (κ1) is 31.8. The quantitative estimate of drug-likeness (QED) is 0.176. The van der Waals surface area contributed by atoms with E-state index in [1.54, 1.807) is 29.4 Å². The lowest BCUT2D eigenvalue weighted by atomic mass is 10.0. The molecule has 2 aromatic heterocycles. The Morgan fingerprint density at radius 1 is 1.20 bits per heavy atom. The molecule has 2 aliphatic heterocycles. The molecule has 0 unspecified atom stereocenters. The highest BCUT2D eigenvalue weighted by Crippen LogP contribution is 2.36. The van der Waals surface area contributed by atoms with E-state index in [-0.39, 0.29) is 24.2 Å². The monoisotopic (exact) mass is 641 g/mol. The number of halogens is 1. The zero-order valence-corrected chi connectivity index (χ0v) is 27.3. The van der Waals surface area contributed by atoms with Gasteiger partial charge in [0.2, 0.25) is 5.91 Å². The number of anilines is 2. The first-order chi connectivity index (χ1) is 22.3.